The molecule has 0 amide bonds. The molecule has 0 atom stereocenters. The number of fused-ring (bicyclic) bond motifs is 1. The van der Waals surface area contributed by atoms with Crippen LogP contribution in [0, 0.1) is 13.8 Å². The number of hydrogen-bond acceptors (Lipinski definition) is 4. The first kappa shape index (κ1) is 18.2. The van der Waals surface area contributed by atoms with Crippen LogP contribution >= 0.6 is 0 Å². The Morgan fingerprint density at radius 2 is 1.69 bits per heavy atom. The lowest BCUT2D eigenvalue weighted by Gasteiger charge is -2.18. The van der Waals surface area contributed by atoms with E-state index >= 15 is 0 Å². The quantitative estimate of drug-likeness (QED) is 0.616. The van der Waals surface area contributed by atoms with E-state index in [4.69, 9.17) is 9.15 Å². The molecule has 3 aromatic rings. The maximum absolute atomic E-state index is 11.9. The second-order valence-corrected chi connectivity index (χ2v) is 6.77. The molecular weight excluding hydrogens is 326 g/mol. The maximum atomic E-state index is 11.9. The molecule has 136 valence electrons. The van der Waals surface area contributed by atoms with Crippen LogP contribution in [0.2, 0.25) is 0 Å². The molecule has 1 heterocycles. The molecule has 3 rings (SSSR count). The molecule has 1 aromatic heterocycles. The van der Waals surface area contributed by atoms with Crippen molar-refractivity contribution in [2.24, 2.45) is 0 Å². The Labute approximate surface area is 154 Å². The average molecular weight is 351 g/mol. The molecular formula is C22H25NO3. The van der Waals surface area contributed by atoms with Gasteiger partial charge in [-0.2, -0.15) is 0 Å². The molecule has 0 saturated heterocycles. The van der Waals surface area contributed by atoms with Gasteiger partial charge in [-0.1, -0.05) is 12.1 Å². The van der Waals surface area contributed by atoms with E-state index in [1.807, 2.05) is 32.0 Å². The molecule has 2 aromatic carbocycles. The van der Waals surface area contributed by atoms with Crippen LogP contribution in [0.4, 0.5) is 0 Å². The molecule has 0 fully saturated rings. The first-order valence-electron chi connectivity index (χ1n) is 8.90. The van der Waals surface area contributed by atoms with E-state index in [9.17, 15) is 4.79 Å². The van der Waals surface area contributed by atoms with Crippen LogP contribution in [0.15, 0.2) is 51.7 Å². The van der Waals surface area contributed by atoms with Gasteiger partial charge < -0.3 is 9.15 Å². The van der Waals surface area contributed by atoms with Gasteiger partial charge in [0.2, 0.25) is 0 Å². The third kappa shape index (κ3) is 4.14. The summed E-state index contributed by atoms with van der Waals surface area (Å²) in [5.41, 5.74) is 4.88. The Kier molecular flexibility index (Phi) is 5.43. The Hall–Kier alpha value is -2.59. The molecule has 0 spiro atoms. The summed E-state index contributed by atoms with van der Waals surface area (Å²) in [5, 5.41) is 1.01. The smallest absolute Gasteiger partial charge is 0.336 e. The third-order valence-electron chi connectivity index (χ3n) is 4.57. The van der Waals surface area contributed by atoms with Crippen molar-refractivity contribution >= 4 is 11.0 Å². The fraction of sp³-hybridized carbons (Fsp3) is 0.318. The largest absolute Gasteiger partial charge is 0.494 e. The zero-order valence-corrected chi connectivity index (χ0v) is 15.8. The normalized spacial score (nSPS) is 11.3. The number of benzene rings is 2. The van der Waals surface area contributed by atoms with Gasteiger partial charge in [-0.05, 0) is 74.3 Å². The molecule has 0 aliphatic rings. The summed E-state index contributed by atoms with van der Waals surface area (Å²) in [6, 6.07) is 13.8. The Bertz CT molecular complexity index is 958. The van der Waals surface area contributed by atoms with Crippen LogP contribution < -0.4 is 10.4 Å². The second kappa shape index (κ2) is 7.75. The zero-order chi connectivity index (χ0) is 18.7. The van der Waals surface area contributed by atoms with Gasteiger partial charge in [0.25, 0.3) is 0 Å². The Morgan fingerprint density at radius 3 is 2.38 bits per heavy atom. The number of ether oxygens (including phenoxy) is 1. The van der Waals surface area contributed by atoms with Gasteiger partial charge in [0, 0.05) is 24.5 Å². The molecule has 0 radical (unpaired) electrons. The van der Waals surface area contributed by atoms with Crippen molar-refractivity contribution in [3.63, 3.8) is 0 Å². The minimum absolute atomic E-state index is 0.301. The lowest BCUT2D eigenvalue weighted by molar-refractivity contribution is 0.318. The SMILES string of the molecule is CCOc1ccc(CN(C)Cc2cc(=O)oc3cc(C)c(C)cc23)cc1. The van der Waals surface area contributed by atoms with Crippen LogP contribution in [0.3, 0.4) is 0 Å². The summed E-state index contributed by atoms with van der Waals surface area (Å²) < 4.78 is 10.9. The highest BCUT2D eigenvalue weighted by Gasteiger charge is 2.10. The van der Waals surface area contributed by atoms with Gasteiger partial charge in [-0.25, -0.2) is 4.79 Å². The van der Waals surface area contributed by atoms with Crippen molar-refractivity contribution < 1.29 is 9.15 Å². The van der Waals surface area contributed by atoms with Gasteiger partial charge in [0.1, 0.15) is 11.3 Å². The topological polar surface area (TPSA) is 42.7 Å². The molecule has 0 aliphatic heterocycles. The van der Waals surface area contributed by atoms with E-state index in [0.29, 0.717) is 18.7 Å². The minimum Gasteiger partial charge on any atom is -0.494 e. The van der Waals surface area contributed by atoms with Crippen molar-refractivity contribution in [3.8, 4) is 5.75 Å². The molecule has 26 heavy (non-hydrogen) atoms. The number of aryl methyl sites for hydroxylation is 2. The maximum Gasteiger partial charge on any atom is 0.336 e. The fourth-order valence-electron chi connectivity index (χ4n) is 3.13. The van der Waals surface area contributed by atoms with Crippen LogP contribution in [0.25, 0.3) is 11.0 Å². The van der Waals surface area contributed by atoms with Crippen LogP contribution in [0.1, 0.15) is 29.2 Å². The Morgan fingerprint density at radius 1 is 1.00 bits per heavy atom. The summed E-state index contributed by atoms with van der Waals surface area (Å²) in [5.74, 6) is 0.886. The molecule has 0 aliphatic carbocycles. The van der Waals surface area contributed by atoms with E-state index in [-0.39, 0.29) is 5.63 Å². The van der Waals surface area contributed by atoms with Crippen molar-refractivity contribution in [2.75, 3.05) is 13.7 Å². The van der Waals surface area contributed by atoms with Crippen LogP contribution in [-0.4, -0.2) is 18.6 Å². The van der Waals surface area contributed by atoms with Crippen molar-refractivity contribution in [1.29, 1.82) is 0 Å². The lowest BCUT2D eigenvalue weighted by Crippen LogP contribution is -2.18. The molecule has 4 nitrogen and oxygen atoms in total. The monoisotopic (exact) mass is 351 g/mol. The predicted octanol–water partition coefficient (Wildman–Crippen LogP) is 4.44. The zero-order valence-electron chi connectivity index (χ0n) is 15.8. The van der Waals surface area contributed by atoms with Crippen molar-refractivity contribution in [2.45, 2.75) is 33.9 Å². The van der Waals surface area contributed by atoms with Gasteiger partial charge >= 0.3 is 5.63 Å². The summed E-state index contributed by atoms with van der Waals surface area (Å²) in [6.07, 6.45) is 0. The highest BCUT2D eigenvalue weighted by molar-refractivity contribution is 5.81. The fourth-order valence-corrected chi connectivity index (χ4v) is 3.13. The molecule has 0 unspecified atom stereocenters. The van der Waals surface area contributed by atoms with Crippen molar-refractivity contribution in [1.82, 2.24) is 4.90 Å². The molecule has 4 heteroatoms. The first-order valence-corrected chi connectivity index (χ1v) is 8.90. The second-order valence-electron chi connectivity index (χ2n) is 6.77. The van der Waals surface area contributed by atoms with Gasteiger partial charge in [0.05, 0.1) is 6.61 Å². The van der Waals surface area contributed by atoms with E-state index < -0.39 is 0 Å². The molecule has 0 saturated carbocycles. The third-order valence-corrected chi connectivity index (χ3v) is 4.57. The van der Waals surface area contributed by atoms with Crippen LogP contribution in [-0.2, 0) is 13.1 Å². The summed E-state index contributed by atoms with van der Waals surface area (Å²) >= 11 is 0. The standard InChI is InChI=1S/C22H25NO3/c1-5-25-19-8-6-17(7-9-19)13-23(4)14-18-12-22(24)26-21-11-16(3)15(2)10-20(18)21/h6-12H,5,13-14H2,1-4H3. The van der Waals surface area contributed by atoms with E-state index in [1.165, 1.54) is 11.1 Å². The number of rotatable bonds is 6. The van der Waals surface area contributed by atoms with Gasteiger partial charge in [-0.15, -0.1) is 0 Å². The summed E-state index contributed by atoms with van der Waals surface area (Å²) in [7, 11) is 2.05. The average Bonchev–Trinajstić information content (AvgIpc) is 2.58. The molecule has 0 bridgehead atoms. The van der Waals surface area contributed by atoms with Gasteiger partial charge in [-0.3, -0.25) is 4.90 Å². The highest BCUT2D eigenvalue weighted by atomic mass is 16.5. The first-order chi connectivity index (χ1) is 12.5. The Balaban J connectivity index is 1.81. The lowest BCUT2D eigenvalue weighted by atomic mass is 10.0. The van der Waals surface area contributed by atoms with Gasteiger partial charge in [0.15, 0.2) is 0 Å². The van der Waals surface area contributed by atoms with Crippen LogP contribution in [0.5, 0.6) is 5.75 Å². The summed E-state index contributed by atoms with van der Waals surface area (Å²) in [6.45, 7) is 8.22. The molecule has 0 N–H and O–H groups in total. The van der Waals surface area contributed by atoms with Crippen molar-refractivity contribution in [3.05, 3.63) is 75.1 Å². The summed E-state index contributed by atoms with van der Waals surface area (Å²) in [4.78, 5) is 14.1. The predicted molar refractivity (Wildman–Crippen MR) is 105 cm³/mol. The van der Waals surface area contributed by atoms with E-state index in [0.717, 1.165) is 28.8 Å². The minimum atomic E-state index is -0.301. The number of nitrogens with zero attached hydrogens (tertiary/aromatic N) is 1. The van der Waals surface area contributed by atoms with E-state index in [1.54, 1.807) is 6.07 Å². The number of hydrogen-bond donors (Lipinski definition) is 0. The highest BCUT2D eigenvalue weighted by Crippen LogP contribution is 2.23. The van der Waals surface area contributed by atoms with E-state index in [2.05, 4.69) is 37.1 Å².